The highest BCUT2D eigenvalue weighted by molar-refractivity contribution is 5.60. The average molecular weight is 228 g/mol. The van der Waals surface area contributed by atoms with Crippen molar-refractivity contribution in [3.05, 3.63) is 42.7 Å². The summed E-state index contributed by atoms with van der Waals surface area (Å²) in [4.78, 5) is 10.8. The van der Waals surface area contributed by atoms with E-state index in [0.29, 0.717) is 0 Å². The minimum absolute atomic E-state index is 0.775. The molecule has 2 aromatic rings. The summed E-state index contributed by atoms with van der Waals surface area (Å²) in [5.74, 6) is 1.63. The Kier molecular flexibility index (Phi) is 3.55. The van der Waals surface area contributed by atoms with E-state index < -0.39 is 0 Å². The summed E-state index contributed by atoms with van der Waals surface area (Å²) in [5, 5.41) is 3.00. The highest BCUT2D eigenvalue weighted by atomic mass is 15.2. The van der Waals surface area contributed by atoms with Gasteiger partial charge in [-0.1, -0.05) is 18.2 Å². The van der Waals surface area contributed by atoms with E-state index in [1.54, 1.807) is 12.4 Å². The van der Waals surface area contributed by atoms with Gasteiger partial charge in [0.05, 0.1) is 12.4 Å². The lowest BCUT2D eigenvalue weighted by atomic mass is 10.3. The lowest BCUT2D eigenvalue weighted by Crippen LogP contribution is -2.17. The molecule has 1 aromatic carbocycles. The molecule has 0 aliphatic carbocycles. The van der Waals surface area contributed by atoms with Crippen LogP contribution in [0.3, 0.4) is 0 Å². The smallest absolute Gasteiger partial charge is 0.153 e. The number of anilines is 3. The van der Waals surface area contributed by atoms with E-state index >= 15 is 0 Å². The molecule has 17 heavy (non-hydrogen) atoms. The molecular formula is C13H16N4. The van der Waals surface area contributed by atoms with Crippen LogP contribution >= 0.6 is 0 Å². The van der Waals surface area contributed by atoms with Crippen molar-refractivity contribution < 1.29 is 0 Å². The number of benzene rings is 1. The molecule has 1 aromatic heterocycles. The summed E-state index contributed by atoms with van der Waals surface area (Å²) in [6, 6.07) is 10.2. The van der Waals surface area contributed by atoms with Gasteiger partial charge in [0, 0.05) is 19.3 Å². The molecule has 2 rings (SSSR count). The number of para-hydroxylation sites is 1. The molecule has 0 bridgehead atoms. The van der Waals surface area contributed by atoms with Crippen LogP contribution in [0.25, 0.3) is 0 Å². The lowest BCUT2D eigenvalue weighted by Gasteiger charge is -2.21. The van der Waals surface area contributed by atoms with E-state index in [1.165, 1.54) is 0 Å². The minimum atomic E-state index is 0.775. The molecule has 0 aliphatic rings. The Morgan fingerprint density at radius 3 is 2.59 bits per heavy atom. The number of nitrogens with one attached hydrogen (secondary N) is 1. The van der Waals surface area contributed by atoms with Crippen LogP contribution < -0.4 is 10.2 Å². The zero-order valence-electron chi connectivity index (χ0n) is 10.1. The molecule has 0 unspecified atom stereocenters. The van der Waals surface area contributed by atoms with Gasteiger partial charge < -0.3 is 10.2 Å². The first-order valence-electron chi connectivity index (χ1n) is 5.67. The highest BCUT2D eigenvalue weighted by Crippen LogP contribution is 2.22. The van der Waals surface area contributed by atoms with Crippen LogP contribution in [-0.4, -0.2) is 23.6 Å². The zero-order valence-corrected chi connectivity index (χ0v) is 10.1. The van der Waals surface area contributed by atoms with E-state index in [4.69, 9.17) is 0 Å². The van der Waals surface area contributed by atoms with Crippen LogP contribution in [0.15, 0.2) is 42.7 Å². The van der Waals surface area contributed by atoms with Crippen molar-refractivity contribution in [1.82, 2.24) is 9.97 Å². The number of rotatable bonds is 4. The SMILES string of the molecule is CCN(c1ccccc1)c1cncc(NC)n1. The van der Waals surface area contributed by atoms with Gasteiger partial charge in [-0.15, -0.1) is 0 Å². The second-order valence-corrected chi connectivity index (χ2v) is 3.59. The first-order valence-corrected chi connectivity index (χ1v) is 5.67. The second-order valence-electron chi connectivity index (χ2n) is 3.59. The Morgan fingerprint density at radius 1 is 1.18 bits per heavy atom. The van der Waals surface area contributed by atoms with Crippen molar-refractivity contribution in [1.29, 1.82) is 0 Å². The van der Waals surface area contributed by atoms with E-state index in [2.05, 4.69) is 39.2 Å². The van der Waals surface area contributed by atoms with E-state index in [-0.39, 0.29) is 0 Å². The maximum atomic E-state index is 4.49. The topological polar surface area (TPSA) is 41.1 Å². The van der Waals surface area contributed by atoms with Gasteiger partial charge in [-0.3, -0.25) is 4.98 Å². The van der Waals surface area contributed by atoms with Gasteiger partial charge in [0.15, 0.2) is 5.82 Å². The maximum absolute atomic E-state index is 4.49. The summed E-state index contributed by atoms with van der Waals surface area (Å²) < 4.78 is 0. The maximum Gasteiger partial charge on any atom is 0.153 e. The number of aromatic nitrogens is 2. The Bertz CT molecular complexity index is 470. The molecule has 0 amide bonds. The Hall–Kier alpha value is -2.10. The minimum Gasteiger partial charge on any atom is -0.372 e. The van der Waals surface area contributed by atoms with Crippen LogP contribution in [0.1, 0.15) is 6.92 Å². The van der Waals surface area contributed by atoms with Crippen molar-refractivity contribution in [3.63, 3.8) is 0 Å². The summed E-state index contributed by atoms with van der Waals surface area (Å²) in [7, 11) is 1.84. The molecule has 0 fully saturated rings. The first-order chi connectivity index (χ1) is 8.35. The fourth-order valence-corrected chi connectivity index (χ4v) is 1.69. The predicted octanol–water partition coefficient (Wildman–Crippen LogP) is 2.68. The predicted molar refractivity (Wildman–Crippen MR) is 70.7 cm³/mol. The van der Waals surface area contributed by atoms with E-state index in [0.717, 1.165) is 23.9 Å². The normalized spacial score (nSPS) is 10.0. The first kappa shape index (κ1) is 11.4. The second kappa shape index (κ2) is 5.30. The van der Waals surface area contributed by atoms with Crippen molar-refractivity contribution in [2.75, 3.05) is 23.8 Å². The van der Waals surface area contributed by atoms with Gasteiger partial charge >= 0.3 is 0 Å². The molecule has 0 saturated carbocycles. The highest BCUT2D eigenvalue weighted by Gasteiger charge is 2.08. The van der Waals surface area contributed by atoms with Crippen molar-refractivity contribution >= 4 is 17.3 Å². The molecule has 88 valence electrons. The van der Waals surface area contributed by atoms with Crippen LogP contribution in [0, 0.1) is 0 Å². The van der Waals surface area contributed by atoms with Gasteiger partial charge in [-0.05, 0) is 19.1 Å². The zero-order chi connectivity index (χ0) is 12.1. The summed E-state index contributed by atoms with van der Waals surface area (Å²) in [6.45, 7) is 2.95. The van der Waals surface area contributed by atoms with Gasteiger partial charge in [0.1, 0.15) is 5.82 Å². The molecule has 0 spiro atoms. The number of nitrogens with zero attached hydrogens (tertiary/aromatic N) is 3. The molecule has 1 N–H and O–H groups in total. The monoisotopic (exact) mass is 228 g/mol. The lowest BCUT2D eigenvalue weighted by molar-refractivity contribution is 0.977. The Balaban J connectivity index is 2.35. The van der Waals surface area contributed by atoms with E-state index in [9.17, 15) is 0 Å². The quantitative estimate of drug-likeness (QED) is 0.873. The Labute approximate surface area is 101 Å². The third-order valence-corrected chi connectivity index (χ3v) is 2.54. The number of hydrogen-bond donors (Lipinski definition) is 1. The van der Waals surface area contributed by atoms with Crippen LogP contribution in [0.4, 0.5) is 17.3 Å². The molecule has 4 nitrogen and oxygen atoms in total. The molecule has 0 radical (unpaired) electrons. The van der Waals surface area contributed by atoms with Crippen LogP contribution in [-0.2, 0) is 0 Å². The largest absolute Gasteiger partial charge is 0.372 e. The molecule has 0 aliphatic heterocycles. The van der Waals surface area contributed by atoms with Crippen molar-refractivity contribution in [3.8, 4) is 0 Å². The third kappa shape index (κ3) is 2.53. The summed E-state index contributed by atoms with van der Waals surface area (Å²) >= 11 is 0. The van der Waals surface area contributed by atoms with E-state index in [1.807, 2.05) is 25.2 Å². The van der Waals surface area contributed by atoms with Crippen molar-refractivity contribution in [2.45, 2.75) is 6.92 Å². The standard InChI is InChI=1S/C13H16N4/c1-3-17(11-7-5-4-6-8-11)13-10-15-9-12(14-2)16-13/h4-10H,3H2,1-2H3,(H,14,16). The van der Waals surface area contributed by atoms with Crippen molar-refractivity contribution in [2.24, 2.45) is 0 Å². The summed E-state index contributed by atoms with van der Waals surface area (Å²) in [6.07, 6.45) is 3.49. The fraction of sp³-hybridized carbons (Fsp3) is 0.231. The number of hydrogen-bond acceptors (Lipinski definition) is 4. The fourth-order valence-electron chi connectivity index (χ4n) is 1.69. The third-order valence-electron chi connectivity index (χ3n) is 2.54. The molecule has 0 saturated heterocycles. The summed E-state index contributed by atoms with van der Waals surface area (Å²) in [5.41, 5.74) is 1.12. The van der Waals surface area contributed by atoms with Gasteiger partial charge in [0.2, 0.25) is 0 Å². The Morgan fingerprint density at radius 2 is 1.94 bits per heavy atom. The molecule has 4 heteroatoms. The van der Waals surface area contributed by atoms with Gasteiger partial charge in [-0.25, -0.2) is 4.98 Å². The molecule has 1 heterocycles. The van der Waals surface area contributed by atoms with Crippen LogP contribution in [0.2, 0.25) is 0 Å². The molecule has 0 atom stereocenters. The van der Waals surface area contributed by atoms with Gasteiger partial charge in [0.25, 0.3) is 0 Å². The average Bonchev–Trinajstić information content (AvgIpc) is 2.41. The van der Waals surface area contributed by atoms with Gasteiger partial charge in [-0.2, -0.15) is 0 Å². The van der Waals surface area contributed by atoms with Crippen LogP contribution in [0.5, 0.6) is 0 Å². The molecular weight excluding hydrogens is 212 g/mol.